The summed E-state index contributed by atoms with van der Waals surface area (Å²) in [5.41, 5.74) is 10.7. The Morgan fingerprint density at radius 1 is 0.636 bits per heavy atom. The van der Waals surface area contributed by atoms with Crippen LogP contribution in [0.5, 0.6) is 0 Å². The van der Waals surface area contributed by atoms with Crippen molar-refractivity contribution in [1.29, 1.82) is 0 Å². The van der Waals surface area contributed by atoms with Crippen molar-refractivity contribution in [3.05, 3.63) is 114 Å². The first kappa shape index (κ1) is 18.7. The standard InChI is InChI=1S/C32H25N/c1-20-15-17-25-27(19-20)32(2,3)26-12-8-14-29(30(25)26)33-28-13-7-6-11-23(28)24-18-16-21-9-4-5-10-22(21)31(24)33/h4-19H,1-3H3. The third-order valence-corrected chi connectivity index (χ3v) is 7.63. The van der Waals surface area contributed by atoms with Crippen LogP contribution >= 0.6 is 0 Å². The Bertz CT molecular complexity index is 1750. The van der Waals surface area contributed by atoms with E-state index in [-0.39, 0.29) is 5.41 Å². The van der Waals surface area contributed by atoms with Crippen molar-refractivity contribution in [3.8, 4) is 16.8 Å². The van der Waals surface area contributed by atoms with Crippen LogP contribution in [0.1, 0.15) is 30.5 Å². The van der Waals surface area contributed by atoms with Crippen molar-refractivity contribution >= 4 is 32.6 Å². The van der Waals surface area contributed by atoms with Crippen LogP contribution in [0.25, 0.3) is 49.4 Å². The maximum Gasteiger partial charge on any atom is 0.0619 e. The molecule has 0 unspecified atom stereocenters. The number of benzene rings is 5. The number of rotatable bonds is 1. The van der Waals surface area contributed by atoms with Gasteiger partial charge in [-0.3, -0.25) is 0 Å². The van der Waals surface area contributed by atoms with Crippen LogP contribution < -0.4 is 0 Å². The Morgan fingerprint density at radius 3 is 2.30 bits per heavy atom. The lowest BCUT2D eigenvalue weighted by molar-refractivity contribution is 0.659. The van der Waals surface area contributed by atoms with Crippen LogP contribution in [0, 0.1) is 6.92 Å². The maximum atomic E-state index is 2.51. The molecule has 5 aromatic carbocycles. The molecular weight excluding hydrogens is 398 g/mol. The van der Waals surface area contributed by atoms with Gasteiger partial charge in [-0.25, -0.2) is 0 Å². The first-order valence-corrected chi connectivity index (χ1v) is 11.7. The zero-order chi connectivity index (χ0) is 22.3. The highest BCUT2D eigenvalue weighted by molar-refractivity contribution is 6.19. The summed E-state index contributed by atoms with van der Waals surface area (Å²) in [7, 11) is 0. The highest BCUT2D eigenvalue weighted by Gasteiger charge is 2.37. The van der Waals surface area contributed by atoms with Crippen molar-refractivity contribution in [3.63, 3.8) is 0 Å². The summed E-state index contributed by atoms with van der Waals surface area (Å²) in [4.78, 5) is 0. The molecule has 0 spiro atoms. The molecule has 0 aliphatic heterocycles. The number of para-hydroxylation sites is 1. The number of hydrogen-bond acceptors (Lipinski definition) is 0. The number of nitrogens with zero attached hydrogens (tertiary/aromatic N) is 1. The molecule has 0 atom stereocenters. The number of aromatic nitrogens is 1. The van der Waals surface area contributed by atoms with Gasteiger partial charge in [-0.1, -0.05) is 104 Å². The van der Waals surface area contributed by atoms with Gasteiger partial charge in [0, 0.05) is 27.1 Å². The quantitative estimate of drug-likeness (QED) is 0.250. The zero-order valence-electron chi connectivity index (χ0n) is 19.2. The van der Waals surface area contributed by atoms with E-state index in [4.69, 9.17) is 0 Å². The first-order chi connectivity index (χ1) is 16.1. The predicted molar refractivity (Wildman–Crippen MR) is 141 cm³/mol. The second-order valence-corrected chi connectivity index (χ2v) is 9.91. The molecular formula is C32H25N. The average Bonchev–Trinajstić information content (AvgIpc) is 3.29. The maximum absolute atomic E-state index is 2.51. The minimum absolute atomic E-state index is 0.0203. The van der Waals surface area contributed by atoms with E-state index < -0.39 is 0 Å². The van der Waals surface area contributed by atoms with Gasteiger partial charge in [-0.2, -0.15) is 0 Å². The highest BCUT2D eigenvalue weighted by atomic mass is 15.0. The monoisotopic (exact) mass is 423 g/mol. The van der Waals surface area contributed by atoms with Gasteiger partial charge in [0.05, 0.1) is 16.7 Å². The summed E-state index contributed by atoms with van der Waals surface area (Å²) in [6.07, 6.45) is 0. The summed E-state index contributed by atoms with van der Waals surface area (Å²) in [5, 5.41) is 5.18. The molecule has 0 saturated carbocycles. The fourth-order valence-electron chi connectivity index (χ4n) is 6.05. The van der Waals surface area contributed by atoms with Gasteiger partial charge in [0.1, 0.15) is 0 Å². The van der Waals surface area contributed by atoms with E-state index in [2.05, 4.69) is 122 Å². The summed E-state index contributed by atoms with van der Waals surface area (Å²) < 4.78 is 2.51. The molecule has 1 aliphatic rings. The van der Waals surface area contributed by atoms with Crippen LogP contribution in [0.4, 0.5) is 0 Å². The van der Waals surface area contributed by atoms with Crippen LogP contribution in [0.15, 0.2) is 97.1 Å². The molecule has 0 amide bonds. The van der Waals surface area contributed by atoms with Crippen LogP contribution in [0.3, 0.4) is 0 Å². The van der Waals surface area contributed by atoms with Crippen molar-refractivity contribution in [1.82, 2.24) is 4.57 Å². The van der Waals surface area contributed by atoms with Crippen molar-refractivity contribution in [2.24, 2.45) is 0 Å². The van der Waals surface area contributed by atoms with E-state index in [1.165, 1.54) is 66.1 Å². The molecule has 1 nitrogen and oxygen atoms in total. The van der Waals surface area contributed by atoms with Crippen molar-refractivity contribution < 1.29 is 0 Å². The van der Waals surface area contributed by atoms with Gasteiger partial charge in [0.25, 0.3) is 0 Å². The molecule has 0 saturated heterocycles. The lowest BCUT2D eigenvalue weighted by Gasteiger charge is -2.22. The molecule has 1 aliphatic carbocycles. The van der Waals surface area contributed by atoms with Crippen molar-refractivity contribution in [2.45, 2.75) is 26.2 Å². The third-order valence-electron chi connectivity index (χ3n) is 7.63. The first-order valence-electron chi connectivity index (χ1n) is 11.7. The topological polar surface area (TPSA) is 4.93 Å². The SMILES string of the molecule is Cc1ccc2c(c1)C(C)(C)c1cccc(-n3c4ccccc4c4ccc5ccccc5c43)c1-2. The summed E-state index contributed by atoms with van der Waals surface area (Å²) in [5.74, 6) is 0. The molecule has 1 heterocycles. The fourth-order valence-corrected chi connectivity index (χ4v) is 6.05. The van der Waals surface area contributed by atoms with E-state index in [1.54, 1.807) is 0 Å². The van der Waals surface area contributed by atoms with Crippen LogP contribution in [0.2, 0.25) is 0 Å². The van der Waals surface area contributed by atoms with Gasteiger partial charge < -0.3 is 4.57 Å². The molecule has 158 valence electrons. The van der Waals surface area contributed by atoms with Gasteiger partial charge in [-0.15, -0.1) is 0 Å². The van der Waals surface area contributed by atoms with Gasteiger partial charge in [0.2, 0.25) is 0 Å². The summed E-state index contributed by atoms with van der Waals surface area (Å²) >= 11 is 0. The van der Waals surface area contributed by atoms with E-state index in [9.17, 15) is 0 Å². The number of fused-ring (bicyclic) bond motifs is 8. The minimum atomic E-state index is -0.0203. The second-order valence-electron chi connectivity index (χ2n) is 9.91. The molecule has 1 aromatic heterocycles. The molecule has 6 aromatic rings. The van der Waals surface area contributed by atoms with Crippen molar-refractivity contribution in [2.75, 3.05) is 0 Å². The predicted octanol–water partition coefficient (Wildman–Crippen LogP) is 8.55. The highest BCUT2D eigenvalue weighted by Crippen LogP contribution is 2.52. The zero-order valence-corrected chi connectivity index (χ0v) is 19.2. The number of aryl methyl sites for hydroxylation is 1. The fraction of sp³-hybridized carbons (Fsp3) is 0.125. The second kappa shape index (κ2) is 6.36. The van der Waals surface area contributed by atoms with Gasteiger partial charge in [0.15, 0.2) is 0 Å². The summed E-state index contributed by atoms with van der Waals surface area (Å²) in [6, 6.07) is 35.9. The normalized spacial score (nSPS) is 14.2. The molecule has 0 bridgehead atoms. The Hall–Kier alpha value is -3.84. The number of hydrogen-bond donors (Lipinski definition) is 0. The smallest absolute Gasteiger partial charge is 0.0619 e. The Morgan fingerprint density at radius 2 is 1.42 bits per heavy atom. The largest absolute Gasteiger partial charge is 0.308 e. The molecule has 0 N–H and O–H groups in total. The van der Waals surface area contributed by atoms with E-state index in [1.807, 2.05) is 0 Å². The van der Waals surface area contributed by atoms with Crippen LogP contribution in [-0.2, 0) is 5.41 Å². The van der Waals surface area contributed by atoms with Crippen LogP contribution in [-0.4, -0.2) is 4.57 Å². The average molecular weight is 424 g/mol. The Kier molecular flexibility index (Phi) is 3.60. The van der Waals surface area contributed by atoms with E-state index in [0.29, 0.717) is 0 Å². The molecule has 7 rings (SSSR count). The molecule has 33 heavy (non-hydrogen) atoms. The lowest BCUT2D eigenvalue weighted by atomic mass is 9.82. The Balaban J connectivity index is 1.70. The van der Waals surface area contributed by atoms with E-state index >= 15 is 0 Å². The summed E-state index contributed by atoms with van der Waals surface area (Å²) in [6.45, 7) is 6.92. The Labute approximate surface area is 193 Å². The van der Waals surface area contributed by atoms with Gasteiger partial charge >= 0.3 is 0 Å². The lowest BCUT2D eigenvalue weighted by Crippen LogP contribution is -2.15. The molecule has 0 radical (unpaired) electrons. The van der Waals surface area contributed by atoms with Gasteiger partial charge in [-0.05, 0) is 41.1 Å². The molecule has 0 fully saturated rings. The van der Waals surface area contributed by atoms with E-state index in [0.717, 1.165) is 0 Å². The minimum Gasteiger partial charge on any atom is -0.308 e. The third kappa shape index (κ3) is 2.37. The molecule has 1 heteroatoms.